The van der Waals surface area contributed by atoms with Crippen LogP contribution in [0.25, 0.3) is 12.2 Å². The Bertz CT molecular complexity index is 539. The molecule has 0 amide bonds. The summed E-state index contributed by atoms with van der Waals surface area (Å²) in [4.78, 5) is 0. The highest BCUT2D eigenvalue weighted by atomic mass is 79.9. The van der Waals surface area contributed by atoms with E-state index in [0.717, 1.165) is 25.8 Å². The van der Waals surface area contributed by atoms with Crippen molar-refractivity contribution >= 4 is 44.0 Å². The summed E-state index contributed by atoms with van der Waals surface area (Å²) in [6.07, 6.45) is 4.15. The van der Waals surface area contributed by atoms with E-state index in [-0.39, 0.29) is 0 Å². The first-order valence-corrected chi connectivity index (χ1v) is 7.05. The third-order valence-electron chi connectivity index (χ3n) is 2.56. The number of rotatable bonds is 3. The molecule has 0 saturated heterocycles. The molecule has 0 unspecified atom stereocenters. The molecule has 0 aromatic heterocycles. The van der Waals surface area contributed by atoms with Crippen molar-refractivity contribution in [3.05, 3.63) is 62.5 Å². The molecule has 0 bridgehead atoms. The van der Waals surface area contributed by atoms with Crippen LogP contribution in [0, 0.1) is 0 Å². The van der Waals surface area contributed by atoms with Crippen molar-refractivity contribution in [1.29, 1.82) is 0 Å². The van der Waals surface area contributed by atoms with Gasteiger partial charge in [0, 0.05) is 14.5 Å². The monoisotopic (exact) mass is 366 g/mol. The maximum atomic E-state index is 5.13. The molecule has 1 nitrogen and oxygen atoms in total. The number of methoxy groups -OCH3 is 1. The van der Waals surface area contributed by atoms with Crippen molar-refractivity contribution in [3.8, 4) is 5.75 Å². The van der Waals surface area contributed by atoms with E-state index in [0.29, 0.717) is 0 Å². The van der Waals surface area contributed by atoms with Crippen molar-refractivity contribution in [2.24, 2.45) is 0 Å². The summed E-state index contributed by atoms with van der Waals surface area (Å²) in [6, 6.07) is 14.0. The molecule has 0 spiro atoms. The lowest BCUT2D eigenvalue weighted by atomic mass is 10.1. The summed E-state index contributed by atoms with van der Waals surface area (Å²) < 4.78 is 7.27. The Morgan fingerprint density at radius 1 is 0.889 bits per heavy atom. The van der Waals surface area contributed by atoms with Crippen LogP contribution in [-0.4, -0.2) is 7.11 Å². The Labute approximate surface area is 124 Å². The van der Waals surface area contributed by atoms with Crippen LogP contribution >= 0.6 is 31.9 Å². The average molecular weight is 368 g/mol. The summed E-state index contributed by atoms with van der Waals surface area (Å²) in [5.74, 6) is 0.870. The SMILES string of the molecule is COc1ccc(/C=C/c2c(Br)cccc2Br)cc1. The number of ether oxygens (including phenoxy) is 1. The summed E-state index contributed by atoms with van der Waals surface area (Å²) in [5, 5.41) is 0. The van der Waals surface area contributed by atoms with Gasteiger partial charge in [0.25, 0.3) is 0 Å². The summed E-state index contributed by atoms with van der Waals surface area (Å²) in [7, 11) is 1.67. The second-order valence-corrected chi connectivity index (χ2v) is 5.45. The highest BCUT2D eigenvalue weighted by Gasteiger charge is 2.00. The minimum absolute atomic E-state index is 0.870. The van der Waals surface area contributed by atoms with Crippen LogP contribution in [0.4, 0.5) is 0 Å². The van der Waals surface area contributed by atoms with Gasteiger partial charge in [0.1, 0.15) is 5.75 Å². The summed E-state index contributed by atoms with van der Waals surface area (Å²) >= 11 is 7.08. The van der Waals surface area contributed by atoms with Gasteiger partial charge in [-0.05, 0) is 29.8 Å². The Balaban J connectivity index is 2.24. The zero-order valence-corrected chi connectivity index (χ0v) is 13.0. The topological polar surface area (TPSA) is 9.23 Å². The third kappa shape index (κ3) is 3.24. The first-order valence-electron chi connectivity index (χ1n) is 5.47. The molecule has 2 aromatic carbocycles. The molecule has 0 radical (unpaired) electrons. The van der Waals surface area contributed by atoms with E-state index >= 15 is 0 Å². The van der Waals surface area contributed by atoms with Crippen molar-refractivity contribution in [2.75, 3.05) is 7.11 Å². The molecule has 2 aromatic rings. The normalized spacial score (nSPS) is 10.8. The molecule has 0 N–H and O–H groups in total. The van der Waals surface area contributed by atoms with Crippen molar-refractivity contribution < 1.29 is 4.74 Å². The van der Waals surface area contributed by atoms with Gasteiger partial charge in [-0.3, -0.25) is 0 Å². The highest BCUT2D eigenvalue weighted by molar-refractivity contribution is 9.11. The Hall–Kier alpha value is -1.06. The Morgan fingerprint density at radius 2 is 1.50 bits per heavy atom. The molecule has 0 aliphatic heterocycles. The second kappa shape index (κ2) is 6.21. The van der Waals surface area contributed by atoms with Gasteiger partial charge in [0.2, 0.25) is 0 Å². The van der Waals surface area contributed by atoms with E-state index in [9.17, 15) is 0 Å². The van der Waals surface area contributed by atoms with Gasteiger partial charge in [0.05, 0.1) is 7.11 Å². The van der Waals surface area contributed by atoms with Gasteiger partial charge in [-0.15, -0.1) is 0 Å². The first-order chi connectivity index (χ1) is 8.70. The van der Waals surface area contributed by atoms with E-state index in [2.05, 4.69) is 44.0 Å². The predicted molar refractivity (Wildman–Crippen MR) is 83.8 cm³/mol. The molecule has 0 aliphatic carbocycles. The maximum absolute atomic E-state index is 5.13. The van der Waals surface area contributed by atoms with Gasteiger partial charge in [-0.25, -0.2) is 0 Å². The molecular formula is C15H12Br2O. The van der Waals surface area contributed by atoms with Gasteiger partial charge < -0.3 is 4.74 Å². The molecule has 0 saturated carbocycles. The second-order valence-electron chi connectivity index (χ2n) is 3.74. The Morgan fingerprint density at radius 3 is 2.06 bits per heavy atom. The lowest BCUT2D eigenvalue weighted by Crippen LogP contribution is -1.82. The minimum atomic E-state index is 0.870. The fraction of sp³-hybridized carbons (Fsp3) is 0.0667. The van der Waals surface area contributed by atoms with Crippen LogP contribution in [0.3, 0.4) is 0 Å². The van der Waals surface area contributed by atoms with E-state index < -0.39 is 0 Å². The van der Waals surface area contributed by atoms with E-state index in [4.69, 9.17) is 4.74 Å². The van der Waals surface area contributed by atoms with E-state index in [1.807, 2.05) is 42.5 Å². The van der Waals surface area contributed by atoms with Gasteiger partial charge in [-0.2, -0.15) is 0 Å². The van der Waals surface area contributed by atoms with Crippen LogP contribution in [0.2, 0.25) is 0 Å². The lowest BCUT2D eigenvalue weighted by molar-refractivity contribution is 0.415. The molecule has 0 heterocycles. The molecule has 92 valence electrons. The number of hydrogen-bond donors (Lipinski definition) is 0. The summed E-state index contributed by atoms with van der Waals surface area (Å²) in [5.41, 5.74) is 2.27. The van der Waals surface area contributed by atoms with Gasteiger partial charge in [0.15, 0.2) is 0 Å². The third-order valence-corrected chi connectivity index (χ3v) is 3.94. The van der Waals surface area contributed by atoms with Crippen LogP contribution in [0.1, 0.15) is 11.1 Å². The molecule has 2 rings (SSSR count). The average Bonchev–Trinajstić information content (AvgIpc) is 2.39. The van der Waals surface area contributed by atoms with Crippen molar-refractivity contribution in [1.82, 2.24) is 0 Å². The van der Waals surface area contributed by atoms with Crippen LogP contribution in [-0.2, 0) is 0 Å². The first kappa shape index (κ1) is 13.4. The van der Waals surface area contributed by atoms with E-state index in [1.165, 1.54) is 0 Å². The van der Waals surface area contributed by atoms with Crippen molar-refractivity contribution in [2.45, 2.75) is 0 Å². The molecule has 3 heteroatoms. The number of halogens is 2. The van der Waals surface area contributed by atoms with Crippen LogP contribution in [0.15, 0.2) is 51.4 Å². The molecule has 0 atom stereocenters. The standard InChI is InChI=1S/C15H12Br2O/c1-18-12-8-5-11(6-9-12)7-10-13-14(16)3-2-4-15(13)17/h2-10H,1H3/b10-7+. The largest absolute Gasteiger partial charge is 0.497 e. The lowest BCUT2D eigenvalue weighted by Gasteiger charge is -2.02. The zero-order chi connectivity index (χ0) is 13.0. The molecule has 18 heavy (non-hydrogen) atoms. The summed E-state index contributed by atoms with van der Waals surface area (Å²) in [6.45, 7) is 0. The predicted octanol–water partition coefficient (Wildman–Crippen LogP) is 5.39. The Kier molecular flexibility index (Phi) is 4.61. The van der Waals surface area contributed by atoms with E-state index in [1.54, 1.807) is 7.11 Å². The molecular weight excluding hydrogens is 356 g/mol. The maximum Gasteiger partial charge on any atom is 0.118 e. The van der Waals surface area contributed by atoms with Gasteiger partial charge >= 0.3 is 0 Å². The van der Waals surface area contributed by atoms with Gasteiger partial charge in [-0.1, -0.05) is 62.2 Å². The number of hydrogen-bond acceptors (Lipinski definition) is 1. The number of benzene rings is 2. The zero-order valence-electron chi connectivity index (χ0n) is 9.86. The van der Waals surface area contributed by atoms with Crippen LogP contribution in [0.5, 0.6) is 5.75 Å². The smallest absolute Gasteiger partial charge is 0.118 e. The van der Waals surface area contributed by atoms with Crippen molar-refractivity contribution in [3.63, 3.8) is 0 Å². The fourth-order valence-electron chi connectivity index (χ4n) is 1.56. The fourth-order valence-corrected chi connectivity index (χ4v) is 2.83. The highest BCUT2D eigenvalue weighted by Crippen LogP contribution is 2.27. The molecule has 0 fully saturated rings. The molecule has 0 aliphatic rings. The van der Waals surface area contributed by atoms with Crippen LogP contribution < -0.4 is 4.74 Å². The quantitative estimate of drug-likeness (QED) is 0.660. The minimum Gasteiger partial charge on any atom is -0.497 e.